The maximum Gasteiger partial charge on any atom is 0.261 e. The Hall–Kier alpha value is -2.13. The molecule has 1 aliphatic carbocycles. The van der Waals surface area contributed by atoms with E-state index in [4.69, 9.17) is 4.52 Å². The fourth-order valence-electron chi connectivity index (χ4n) is 3.07. The second kappa shape index (κ2) is 6.17. The lowest BCUT2D eigenvalue weighted by Gasteiger charge is -2.17. The van der Waals surface area contributed by atoms with Crippen LogP contribution < -0.4 is 5.32 Å². The molecule has 0 spiro atoms. The first-order valence-electron chi connectivity index (χ1n) is 7.86. The molecule has 2 aromatic heterocycles. The summed E-state index contributed by atoms with van der Waals surface area (Å²) in [6.07, 6.45) is 3.62. The van der Waals surface area contributed by atoms with E-state index in [1.54, 1.807) is 6.92 Å². The predicted octanol–water partition coefficient (Wildman–Crippen LogP) is 3.86. The van der Waals surface area contributed by atoms with Crippen molar-refractivity contribution in [2.45, 2.75) is 46.5 Å². The van der Waals surface area contributed by atoms with Crippen LogP contribution in [0.4, 0.5) is 5.00 Å². The van der Waals surface area contributed by atoms with Gasteiger partial charge in [0.2, 0.25) is 0 Å². The number of fused-ring (bicyclic) bond motifs is 1. The first kappa shape index (κ1) is 15.8. The molecular formula is C17H19N3O2S. The Labute approximate surface area is 139 Å². The van der Waals surface area contributed by atoms with E-state index >= 15 is 0 Å². The van der Waals surface area contributed by atoms with Crippen LogP contribution in [0.5, 0.6) is 0 Å². The first-order valence-corrected chi connectivity index (χ1v) is 8.67. The van der Waals surface area contributed by atoms with Crippen LogP contribution in [0.3, 0.4) is 0 Å². The predicted molar refractivity (Wildman–Crippen MR) is 88.8 cm³/mol. The van der Waals surface area contributed by atoms with E-state index in [-0.39, 0.29) is 5.91 Å². The molecule has 6 heteroatoms. The molecule has 0 aliphatic heterocycles. The summed E-state index contributed by atoms with van der Waals surface area (Å²) >= 11 is 1.53. The molecule has 3 rings (SSSR count). The summed E-state index contributed by atoms with van der Waals surface area (Å²) in [7, 11) is 0. The summed E-state index contributed by atoms with van der Waals surface area (Å²) in [4.78, 5) is 13.8. The highest BCUT2D eigenvalue weighted by molar-refractivity contribution is 7.16. The fourth-order valence-corrected chi connectivity index (χ4v) is 4.43. The van der Waals surface area contributed by atoms with Crippen LogP contribution in [0, 0.1) is 24.2 Å². The van der Waals surface area contributed by atoms with Crippen molar-refractivity contribution in [3.8, 4) is 6.07 Å². The van der Waals surface area contributed by atoms with Crippen molar-refractivity contribution in [1.29, 1.82) is 5.26 Å². The van der Waals surface area contributed by atoms with Gasteiger partial charge in [0.15, 0.2) is 0 Å². The van der Waals surface area contributed by atoms with Crippen LogP contribution in [0.1, 0.15) is 58.1 Å². The lowest BCUT2D eigenvalue weighted by atomic mass is 9.88. The number of nitriles is 1. The molecule has 120 valence electrons. The quantitative estimate of drug-likeness (QED) is 0.927. The van der Waals surface area contributed by atoms with Gasteiger partial charge in [0, 0.05) is 4.88 Å². The van der Waals surface area contributed by atoms with Crippen LogP contribution in [0.2, 0.25) is 0 Å². The van der Waals surface area contributed by atoms with Crippen molar-refractivity contribution in [3.05, 3.63) is 33.0 Å². The molecule has 0 fully saturated rings. The molecule has 1 aliphatic rings. The summed E-state index contributed by atoms with van der Waals surface area (Å²) in [5, 5.41) is 17.0. The van der Waals surface area contributed by atoms with Gasteiger partial charge in [-0.1, -0.05) is 19.0 Å². The molecule has 5 nitrogen and oxygen atoms in total. The summed E-state index contributed by atoms with van der Waals surface area (Å²) in [6.45, 7) is 5.88. The minimum atomic E-state index is -0.247. The van der Waals surface area contributed by atoms with E-state index < -0.39 is 0 Å². The van der Waals surface area contributed by atoms with Crippen molar-refractivity contribution in [2.75, 3.05) is 5.32 Å². The van der Waals surface area contributed by atoms with Crippen molar-refractivity contribution < 1.29 is 9.32 Å². The maximum atomic E-state index is 12.6. The lowest BCUT2D eigenvalue weighted by Crippen LogP contribution is -2.14. The molecule has 0 aromatic carbocycles. The molecule has 1 amide bonds. The van der Waals surface area contributed by atoms with Gasteiger partial charge in [0.25, 0.3) is 5.91 Å². The average molecular weight is 329 g/mol. The third kappa shape index (κ3) is 2.77. The van der Waals surface area contributed by atoms with E-state index in [1.165, 1.54) is 16.2 Å². The summed E-state index contributed by atoms with van der Waals surface area (Å²) in [6, 6.07) is 2.27. The minimum Gasteiger partial charge on any atom is -0.361 e. The normalized spacial score (nSPS) is 16.7. The van der Waals surface area contributed by atoms with Gasteiger partial charge in [0.1, 0.15) is 22.4 Å². The standard InChI is InChI=1S/C17H19N3O2S/c1-4-13-15(10(3)22-20-13)16(21)19-17-12(8-18)11-6-5-9(2)7-14(11)23-17/h9H,4-7H2,1-3H3,(H,19,21)/t9-/m1/s1. The Morgan fingerprint density at radius 3 is 3.04 bits per heavy atom. The van der Waals surface area contributed by atoms with E-state index in [1.807, 2.05) is 6.92 Å². The largest absolute Gasteiger partial charge is 0.361 e. The number of aromatic nitrogens is 1. The molecule has 0 bridgehead atoms. The number of carbonyl (C=O) groups excluding carboxylic acids is 1. The number of nitrogens with one attached hydrogen (secondary N) is 1. The number of anilines is 1. The second-order valence-electron chi connectivity index (χ2n) is 6.04. The average Bonchev–Trinajstić information content (AvgIpc) is 3.06. The number of aryl methyl sites for hydroxylation is 2. The highest BCUT2D eigenvalue weighted by Crippen LogP contribution is 2.39. The number of nitrogens with zero attached hydrogens (tertiary/aromatic N) is 2. The Balaban J connectivity index is 1.93. The van der Waals surface area contributed by atoms with Gasteiger partial charge in [-0.3, -0.25) is 4.79 Å². The topological polar surface area (TPSA) is 78.9 Å². The van der Waals surface area contributed by atoms with Crippen LogP contribution >= 0.6 is 11.3 Å². The minimum absolute atomic E-state index is 0.247. The molecule has 23 heavy (non-hydrogen) atoms. The van der Waals surface area contributed by atoms with Crippen LogP contribution in [-0.2, 0) is 19.3 Å². The fraction of sp³-hybridized carbons (Fsp3) is 0.471. The molecule has 0 unspecified atom stereocenters. The van der Waals surface area contributed by atoms with Gasteiger partial charge in [-0.15, -0.1) is 11.3 Å². The SMILES string of the molecule is CCc1noc(C)c1C(=O)Nc1sc2c(c1C#N)CC[C@@H](C)C2. The summed E-state index contributed by atoms with van der Waals surface area (Å²) in [5.74, 6) is 0.889. The number of thiophene rings is 1. The van der Waals surface area contributed by atoms with Crippen molar-refractivity contribution in [3.63, 3.8) is 0 Å². The van der Waals surface area contributed by atoms with E-state index in [0.717, 1.165) is 24.8 Å². The monoisotopic (exact) mass is 329 g/mol. The molecule has 2 heterocycles. The molecule has 1 N–H and O–H groups in total. The zero-order valence-electron chi connectivity index (χ0n) is 13.5. The van der Waals surface area contributed by atoms with Crippen LogP contribution in [0.15, 0.2) is 4.52 Å². The number of hydrogen-bond acceptors (Lipinski definition) is 5. The Bertz CT molecular complexity index is 798. The Kier molecular flexibility index (Phi) is 4.22. The van der Waals surface area contributed by atoms with E-state index in [0.29, 0.717) is 39.9 Å². The van der Waals surface area contributed by atoms with Crippen LogP contribution in [-0.4, -0.2) is 11.1 Å². The summed E-state index contributed by atoms with van der Waals surface area (Å²) < 4.78 is 5.12. The van der Waals surface area contributed by atoms with Crippen molar-refractivity contribution in [1.82, 2.24) is 5.16 Å². The lowest BCUT2D eigenvalue weighted by molar-refractivity contribution is 0.102. The second-order valence-corrected chi connectivity index (χ2v) is 7.14. The zero-order valence-corrected chi connectivity index (χ0v) is 14.3. The summed E-state index contributed by atoms with van der Waals surface area (Å²) in [5.41, 5.74) is 2.87. The smallest absolute Gasteiger partial charge is 0.261 e. The number of amides is 1. The van der Waals surface area contributed by atoms with Gasteiger partial charge < -0.3 is 9.84 Å². The number of carbonyl (C=O) groups is 1. The van der Waals surface area contributed by atoms with Gasteiger partial charge in [-0.25, -0.2) is 0 Å². The molecule has 1 atom stereocenters. The highest BCUT2D eigenvalue weighted by atomic mass is 32.1. The first-order chi connectivity index (χ1) is 11.0. The Morgan fingerprint density at radius 2 is 2.35 bits per heavy atom. The third-order valence-electron chi connectivity index (χ3n) is 4.35. The maximum absolute atomic E-state index is 12.6. The van der Waals surface area contributed by atoms with Gasteiger partial charge in [0.05, 0.1) is 11.3 Å². The number of hydrogen-bond donors (Lipinski definition) is 1. The van der Waals surface area contributed by atoms with Gasteiger partial charge >= 0.3 is 0 Å². The van der Waals surface area contributed by atoms with Gasteiger partial charge in [-0.05, 0) is 44.1 Å². The van der Waals surface area contributed by atoms with Crippen molar-refractivity contribution >= 4 is 22.2 Å². The molecule has 0 saturated heterocycles. The van der Waals surface area contributed by atoms with Crippen LogP contribution in [0.25, 0.3) is 0 Å². The molecular weight excluding hydrogens is 310 g/mol. The van der Waals surface area contributed by atoms with E-state index in [9.17, 15) is 10.1 Å². The molecule has 0 saturated carbocycles. The molecule has 0 radical (unpaired) electrons. The van der Waals surface area contributed by atoms with E-state index in [2.05, 4.69) is 23.5 Å². The third-order valence-corrected chi connectivity index (χ3v) is 5.52. The Morgan fingerprint density at radius 1 is 1.57 bits per heavy atom. The zero-order chi connectivity index (χ0) is 16.6. The highest BCUT2D eigenvalue weighted by Gasteiger charge is 2.26. The number of rotatable bonds is 3. The van der Waals surface area contributed by atoms with Gasteiger partial charge in [-0.2, -0.15) is 5.26 Å². The van der Waals surface area contributed by atoms with Crippen molar-refractivity contribution in [2.24, 2.45) is 5.92 Å². The molecule has 2 aromatic rings.